The smallest absolute Gasteiger partial charge is 0.237 e. The second-order valence-electron chi connectivity index (χ2n) is 6.11. The third kappa shape index (κ3) is 3.27. The number of primary amides is 1. The molecule has 19 heavy (non-hydrogen) atoms. The summed E-state index contributed by atoms with van der Waals surface area (Å²) in [6, 6.07) is 0.607. The van der Waals surface area contributed by atoms with Gasteiger partial charge in [-0.25, -0.2) is 0 Å². The molecule has 1 amide bonds. The molecular formula is C14H27N3O2. The summed E-state index contributed by atoms with van der Waals surface area (Å²) >= 11 is 0. The molecule has 0 spiro atoms. The van der Waals surface area contributed by atoms with E-state index in [0.717, 1.165) is 58.3 Å². The molecule has 2 aliphatic rings. The van der Waals surface area contributed by atoms with Crippen molar-refractivity contribution in [1.29, 1.82) is 0 Å². The zero-order valence-corrected chi connectivity index (χ0v) is 11.9. The van der Waals surface area contributed by atoms with Gasteiger partial charge in [0.25, 0.3) is 0 Å². The number of amides is 1. The number of carbonyl (C=O) groups is 1. The summed E-state index contributed by atoms with van der Waals surface area (Å²) < 4.78 is 5.38. The van der Waals surface area contributed by atoms with Gasteiger partial charge in [-0.3, -0.25) is 4.79 Å². The standard InChI is InChI=1S/C14H27N3O2/c1-17(12-5-9-19-10-6-12)8-4-11-3-2-7-14(11,16)13(15)18/h11-12H,2-10,16H2,1H3,(H2,15,18). The molecule has 1 heterocycles. The summed E-state index contributed by atoms with van der Waals surface area (Å²) in [7, 11) is 2.16. The quantitative estimate of drug-likeness (QED) is 0.760. The Balaban J connectivity index is 1.82. The number of hydrogen-bond acceptors (Lipinski definition) is 4. The average molecular weight is 269 g/mol. The molecule has 2 rings (SSSR count). The van der Waals surface area contributed by atoms with E-state index in [2.05, 4.69) is 11.9 Å². The van der Waals surface area contributed by atoms with Gasteiger partial charge in [-0.05, 0) is 51.6 Å². The molecule has 0 aromatic rings. The van der Waals surface area contributed by atoms with E-state index >= 15 is 0 Å². The second-order valence-corrected chi connectivity index (χ2v) is 6.11. The van der Waals surface area contributed by atoms with Crippen molar-refractivity contribution in [1.82, 2.24) is 4.90 Å². The van der Waals surface area contributed by atoms with Crippen LogP contribution >= 0.6 is 0 Å². The van der Waals surface area contributed by atoms with Crippen LogP contribution in [0.15, 0.2) is 0 Å². The van der Waals surface area contributed by atoms with E-state index in [1.807, 2.05) is 0 Å². The van der Waals surface area contributed by atoms with Gasteiger partial charge in [0.2, 0.25) is 5.91 Å². The van der Waals surface area contributed by atoms with E-state index in [4.69, 9.17) is 16.2 Å². The molecule has 5 heteroatoms. The maximum absolute atomic E-state index is 11.5. The van der Waals surface area contributed by atoms with Crippen molar-refractivity contribution in [2.45, 2.75) is 50.1 Å². The molecule has 2 atom stereocenters. The van der Waals surface area contributed by atoms with Crippen molar-refractivity contribution >= 4 is 5.91 Å². The van der Waals surface area contributed by atoms with Gasteiger partial charge in [-0.15, -0.1) is 0 Å². The Kier molecular flexibility index (Phi) is 4.81. The van der Waals surface area contributed by atoms with Gasteiger partial charge in [-0.1, -0.05) is 6.42 Å². The summed E-state index contributed by atoms with van der Waals surface area (Å²) in [5.41, 5.74) is 10.9. The van der Waals surface area contributed by atoms with Gasteiger partial charge in [0.05, 0.1) is 5.54 Å². The van der Waals surface area contributed by atoms with E-state index in [0.29, 0.717) is 6.04 Å². The molecular weight excluding hydrogens is 242 g/mol. The van der Waals surface area contributed by atoms with Crippen LogP contribution in [0, 0.1) is 5.92 Å². The lowest BCUT2D eigenvalue weighted by Gasteiger charge is -2.34. The Bertz CT molecular complexity index is 318. The minimum absolute atomic E-state index is 0.243. The van der Waals surface area contributed by atoms with Crippen molar-refractivity contribution < 1.29 is 9.53 Å². The average Bonchev–Trinajstić information content (AvgIpc) is 2.80. The fourth-order valence-electron chi connectivity index (χ4n) is 3.50. The third-order valence-electron chi connectivity index (χ3n) is 4.97. The Hall–Kier alpha value is -0.650. The lowest BCUT2D eigenvalue weighted by molar-refractivity contribution is -0.124. The van der Waals surface area contributed by atoms with E-state index in [-0.39, 0.29) is 11.8 Å². The number of ether oxygens (including phenoxy) is 1. The molecule has 0 radical (unpaired) electrons. The summed E-state index contributed by atoms with van der Waals surface area (Å²) in [4.78, 5) is 13.9. The second kappa shape index (κ2) is 6.20. The van der Waals surface area contributed by atoms with Gasteiger partial charge in [-0.2, -0.15) is 0 Å². The first-order chi connectivity index (χ1) is 9.04. The Morgan fingerprint density at radius 1 is 1.37 bits per heavy atom. The van der Waals surface area contributed by atoms with Crippen LogP contribution in [0.3, 0.4) is 0 Å². The highest BCUT2D eigenvalue weighted by Crippen LogP contribution is 2.36. The highest BCUT2D eigenvalue weighted by molar-refractivity contribution is 5.85. The van der Waals surface area contributed by atoms with Gasteiger partial charge >= 0.3 is 0 Å². The lowest BCUT2D eigenvalue weighted by atomic mass is 9.85. The van der Waals surface area contributed by atoms with Gasteiger partial charge in [0.15, 0.2) is 0 Å². The largest absolute Gasteiger partial charge is 0.381 e. The molecule has 110 valence electrons. The Morgan fingerprint density at radius 2 is 2.05 bits per heavy atom. The number of nitrogens with two attached hydrogens (primary N) is 2. The summed E-state index contributed by atoms with van der Waals surface area (Å²) in [5.74, 6) is -0.0870. The maximum atomic E-state index is 11.5. The molecule has 5 nitrogen and oxygen atoms in total. The first-order valence-corrected chi connectivity index (χ1v) is 7.41. The first kappa shape index (κ1) is 14.8. The van der Waals surface area contributed by atoms with Crippen molar-refractivity contribution in [3.8, 4) is 0 Å². The monoisotopic (exact) mass is 269 g/mol. The van der Waals surface area contributed by atoms with Crippen molar-refractivity contribution in [2.75, 3.05) is 26.8 Å². The molecule has 4 N–H and O–H groups in total. The zero-order chi connectivity index (χ0) is 13.9. The fraction of sp³-hybridized carbons (Fsp3) is 0.929. The Labute approximate surface area is 115 Å². The minimum Gasteiger partial charge on any atom is -0.381 e. The number of rotatable bonds is 5. The van der Waals surface area contributed by atoms with Crippen LogP contribution in [-0.4, -0.2) is 49.2 Å². The van der Waals surface area contributed by atoms with Crippen LogP contribution in [0.1, 0.15) is 38.5 Å². The molecule has 1 aliphatic carbocycles. The van der Waals surface area contributed by atoms with Crippen molar-refractivity contribution in [3.05, 3.63) is 0 Å². The predicted molar refractivity (Wildman–Crippen MR) is 74.5 cm³/mol. The molecule has 0 aromatic carbocycles. The zero-order valence-electron chi connectivity index (χ0n) is 11.9. The van der Waals surface area contributed by atoms with Crippen LogP contribution in [0.5, 0.6) is 0 Å². The van der Waals surface area contributed by atoms with Crippen molar-refractivity contribution in [3.63, 3.8) is 0 Å². The van der Waals surface area contributed by atoms with Gasteiger partial charge < -0.3 is 21.1 Å². The molecule has 1 saturated carbocycles. The van der Waals surface area contributed by atoms with E-state index in [9.17, 15) is 4.79 Å². The van der Waals surface area contributed by atoms with Gasteiger partial charge in [0.1, 0.15) is 0 Å². The molecule has 1 saturated heterocycles. The highest BCUT2D eigenvalue weighted by Gasteiger charge is 2.44. The highest BCUT2D eigenvalue weighted by atomic mass is 16.5. The maximum Gasteiger partial charge on any atom is 0.237 e. The summed E-state index contributed by atoms with van der Waals surface area (Å²) in [5, 5.41) is 0. The van der Waals surface area contributed by atoms with Crippen LogP contribution < -0.4 is 11.5 Å². The van der Waals surface area contributed by atoms with Crippen LogP contribution in [0.2, 0.25) is 0 Å². The topological polar surface area (TPSA) is 81.6 Å². The summed E-state index contributed by atoms with van der Waals surface area (Å²) in [6.07, 6.45) is 5.96. The Morgan fingerprint density at radius 3 is 2.68 bits per heavy atom. The SMILES string of the molecule is CN(CCC1CCCC1(N)C(N)=O)C1CCOCC1. The molecule has 1 aliphatic heterocycles. The van der Waals surface area contributed by atoms with Gasteiger partial charge in [0, 0.05) is 19.3 Å². The van der Waals surface area contributed by atoms with Crippen molar-refractivity contribution in [2.24, 2.45) is 17.4 Å². The lowest BCUT2D eigenvalue weighted by Crippen LogP contribution is -2.55. The molecule has 0 aromatic heterocycles. The van der Waals surface area contributed by atoms with Crippen LogP contribution in [0.25, 0.3) is 0 Å². The number of nitrogens with zero attached hydrogens (tertiary/aromatic N) is 1. The first-order valence-electron chi connectivity index (χ1n) is 7.41. The normalized spacial score (nSPS) is 32.9. The number of hydrogen-bond donors (Lipinski definition) is 2. The third-order valence-corrected chi connectivity index (χ3v) is 4.97. The van der Waals surface area contributed by atoms with E-state index in [1.165, 1.54) is 0 Å². The minimum atomic E-state index is -0.767. The molecule has 2 fully saturated rings. The molecule has 2 unspecified atom stereocenters. The van der Waals surface area contributed by atoms with E-state index < -0.39 is 5.54 Å². The number of carbonyl (C=O) groups excluding carboxylic acids is 1. The van der Waals surface area contributed by atoms with Crippen LogP contribution in [-0.2, 0) is 9.53 Å². The van der Waals surface area contributed by atoms with E-state index in [1.54, 1.807) is 0 Å². The molecule has 0 bridgehead atoms. The fourth-order valence-corrected chi connectivity index (χ4v) is 3.50. The van der Waals surface area contributed by atoms with Crippen LogP contribution in [0.4, 0.5) is 0 Å². The predicted octanol–water partition coefficient (Wildman–Crippen LogP) is 0.470. The summed E-state index contributed by atoms with van der Waals surface area (Å²) in [6.45, 7) is 2.71.